The van der Waals surface area contributed by atoms with Crippen molar-refractivity contribution in [1.29, 1.82) is 0 Å². The molecular formula is C28H30N3NaO5. The van der Waals surface area contributed by atoms with E-state index in [-0.39, 0.29) is 36.1 Å². The molecule has 1 aromatic heterocycles. The zero-order chi connectivity index (χ0) is 25.7. The van der Waals surface area contributed by atoms with Crippen LogP contribution >= 0.6 is 0 Å². The predicted octanol–water partition coefficient (Wildman–Crippen LogP) is 0.938. The van der Waals surface area contributed by atoms with E-state index in [2.05, 4.69) is 41.5 Å². The number of aryl methyl sites for hydroxylation is 1. The van der Waals surface area contributed by atoms with E-state index in [0.29, 0.717) is 19.6 Å². The molecule has 0 aliphatic rings. The normalized spacial score (nSPS) is 11.1. The second-order valence-corrected chi connectivity index (χ2v) is 9.43. The molecule has 2 N–H and O–H groups in total. The summed E-state index contributed by atoms with van der Waals surface area (Å²) in [6.45, 7) is 6.87. The molecule has 188 valence electrons. The number of nitrogens with zero attached hydrogens (tertiary/aromatic N) is 2. The number of aromatic nitrogens is 2. The molecule has 0 bridgehead atoms. The monoisotopic (exact) mass is 511 g/mol. The maximum absolute atomic E-state index is 11.5. The smallest absolute Gasteiger partial charge is 0.493 e. The third-order valence-electron chi connectivity index (χ3n) is 5.78. The Kier molecular flexibility index (Phi) is 9.62. The van der Waals surface area contributed by atoms with Gasteiger partial charge in [0.1, 0.15) is 5.75 Å². The maximum atomic E-state index is 11.5. The molecule has 0 unspecified atom stereocenters. The Balaban J connectivity index is 0.00000380. The van der Waals surface area contributed by atoms with Crippen molar-refractivity contribution >= 4 is 5.69 Å². The average Bonchev–Trinajstić information content (AvgIpc) is 3.14. The van der Waals surface area contributed by atoms with Gasteiger partial charge < -0.3 is 24.7 Å². The van der Waals surface area contributed by atoms with Gasteiger partial charge in [0.15, 0.2) is 5.69 Å². The summed E-state index contributed by atoms with van der Waals surface area (Å²) in [6, 6.07) is 22.0. The minimum atomic E-state index is -0.887. The summed E-state index contributed by atoms with van der Waals surface area (Å²) < 4.78 is 11.5. The van der Waals surface area contributed by atoms with Crippen LogP contribution in [-0.4, -0.2) is 22.1 Å². The molecule has 0 spiro atoms. The second kappa shape index (κ2) is 12.5. The van der Waals surface area contributed by atoms with Crippen LogP contribution in [0.2, 0.25) is 0 Å². The molecule has 3 aromatic carbocycles. The summed E-state index contributed by atoms with van der Waals surface area (Å²) in [6.07, 6.45) is 0.565. The number of rotatable bonds is 10. The van der Waals surface area contributed by atoms with E-state index in [1.165, 1.54) is 0 Å². The maximum Gasteiger partial charge on any atom is 1.00 e. The van der Waals surface area contributed by atoms with Gasteiger partial charge in [-0.25, -0.2) is 4.79 Å². The minimum Gasteiger partial charge on any atom is -0.493 e. The molecule has 4 rings (SSSR count). The molecule has 0 fully saturated rings. The fourth-order valence-electron chi connectivity index (χ4n) is 3.80. The summed E-state index contributed by atoms with van der Waals surface area (Å²) in [5.41, 5.74) is 4.84. The molecule has 0 saturated carbocycles. The summed E-state index contributed by atoms with van der Waals surface area (Å²) in [5.74, 6) is -0.0921. The van der Waals surface area contributed by atoms with E-state index in [4.69, 9.17) is 9.26 Å². The third-order valence-corrected chi connectivity index (χ3v) is 5.78. The minimum absolute atomic E-state index is 0. The first-order valence-electron chi connectivity index (χ1n) is 11.8. The van der Waals surface area contributed by atoms with E-state index in [1.54, 1.807) is 13.8 Å². The van der Waals surface area contributed by atoms with Crippen molar-refractivity contribution in [2.24, 2.45) is 0 Å². The standard InChI is InChI=1S/C28H31N3O5.Na/c1-19-15-24(35-14-13-28(2,3)34)11-12-25(19)22-6-4-5-21(16-22)17-29-23-9-7-20(8-10-23)18-31-26(32)30-27(33)36-31;/h4-12,15-16,29,34H,13-14,17-18H2,1-3H3,(H,30,32,33);/q;+1/p-1. The number of nitrogens with one attached hydrogen (secondary N) is 1. The zero-order valence-electron chi connectivity index (χ0n) is 21.7. The molecule has 0 atom stereocenters. The number of ether oxygens (including phenoxy) is 1. The molecule has 0 radical (unpaired) electrons. The fraction of sp³-hybridized carbons (Fsp3) is 0.286. The van der Waals surface area contributed by atoms with Crippen molar-refractivity contribution in [2.75, 3.05) is 11.9 Å². The van der Waals surface area contributed by atoms with Crippen LogP contribution in [0.1, 0.15) is 37.0 Å². The Hall–Kier alpha value is -3.04. The van der Waals surface area contributed by atoms with E-state index >= 15 is 0 Å². The number of hydrogen-bond donors (Lipinski definition) is 2. The SMILES string of the molecule is Cc1cc(OCCC(C)(C)O)ccc1-c1cccc(CNc2ccc(Cn3oc(=O)[n-]c3=O)cc2)c1.[Na+]. The Morgan fingerprint density at radius 2 is 1.78 bits per heavy atom. The van der Waals surface area contributed by atoms with Crippen LogP contribution in [0, 0.1) is 6.92 Å². The van der Waals surface area contributed by atoms with Crippen LogP contribution in [-0.2, 0) is 13.1 Å². The number of anilines is 1. The van der Waals surface area contributed by atoms with E-state index in [0.717, 1.165) is 44.0 Å². The number of aliphatic hydroxyl groups is 1. The summed E-state index contributed by atoms with van der Waals surface area (Å²) in [5, 5.41) is 13.3. The van der Waals surface area contributed by atoms with E-state index in [1.807, 2.05) is 42.5 Å². The number of hydrogen-bond acceptors (Lipinski definition) is 6. The topological polar surface area (TPSA) is 108 Å². The second-order valence-electron chi connectivity index (χ2n) is 9.43. The van der Waals surface area contributed by atoms with Crippen molar-refractivity contribution < 1.29 is 43.9 Å². The Bertz CT molecular complexity index is 1430. The largest absolute Gasteiger partial charge is 1.00 e. The van der Waals surface area contributed by atoms with Crippen molar-refractivity contribution in [1.82, 2.24) is 9.72 Å². The van der Waals surface area contributed by atoms with Crippen molar-refractivity contribution in [3.63, 3.8) is 0 Å². The van der Waals surface area contributed by atoms with Gasteiger partial charge in [-0.05, 0) is 78.9 Å². The first kappa shape index (κ1) is 28.5. The molecular weight excluding hydrogens is 481 g/mol. The predicted molar refractivity (Wildman–Crippen MR) is 138 cm³/mol. The summed E-state index contributed by atoms with van der Waals surface area (Å²) in [4.78, 5) is 25.8. The quantitative estimate of drug-likeness (QED) is 0.305. The van der Waals surface area contributed by atoms with Gasteiger partial charge in [0.2, 0.25) is 0 Å². The van der Waals surface area contributed by atoms with E-state index < -0.39 is 17.0 Å². The number of benzene rings is 3. The Labute approximate surface area is 237 Å². The van der Waals surface area contributed by atoms with Gasteiger partial charge in [0.05, 0.1) is 12.2 Å². The summed E-state index contributed by atoms with van der Waals surface area (Å²) >= 11 is 0. The fourth-order valence-corrected chi connectivity index (χ4v) is 3.80. The van der Waals surface area contributed by atoms with Crippen LogP contribution < -0.4 is 56.0 Å². The Morgan fingerprint density at radius 1 is 1.03 bits per heavy atom. The van der Waals surface area contributed by atoms with Gasteiger partial charge in [-0.2, -0.15) is 0 Å². The molecule has 1 heterocycles. The Morgan fingerprint density at radius 3 is 2.43 bits per heavy atom. The van der Waals surface area contributed by atoms with Crippen molar-refractivity contribution in [3.05, 3.63) is 104 Å². The molecule has 0 saturated heterocycles. The third kappa shape index (κ3) is 8.23. The van der Waals surface area contributed by atoms with Crippen LogP contribution in [0.4, 0.5) is 5.69 Å². The van der Waals surface area contributed by atoms with Crippen LogP contribution in [0.15, 0.2) is 80.8 Å². The molecule has 0 aliphatic heterocycles. The molecule has 0 aliphatic carbocycles. The van der Waals surface area contributed by atoms with Crippen LogP contribution in [0.3, 0.4) is 0 Å². The molecule has 0 amide bonds. The van der Waals surface area contributed by atoms with Gasteiger partial charge in [-0.3, -0.25) is 9.53 Å². The first-order valence-corrected chi connectivity index (χ1v) is 11.8. The zero-order valence-corrected chi connectivity index (χ0v) is 23.7. The first-order chi connectivity index (χ1) is 17.2. The summed E-state index contributed by atoms with van der Waals surface area (Å²) in [7, 11) is 0. The van der Waals surface area contributed by atoms with Crippen molar-refractivity contribution in [3.8, 4) is 16.9 Å². The van der Waals surface area contributed by atoms with Crippen LogP contribution in [0.5, 0.6) is 5.75 Å². The van der Waals surface area contributed by atoms with Gasteiger partial charge in [0, 0.05) is 25.2 Å². The van der Waals surface area contributed by atoms with Gasteiger partial charge in [-0.15, -0.1) is 0 Å². The molecule has 4 aromatic rings. The van der Waals surface area contributed by atoms with Crippen molar-refractivity contribution in [2.45, 2.75) is 45.9 Å². The van der Waals surface area contributed by atoms with Gasteiger partial charge in [0.25, 0.3) is 0 Å². The average molecular weight is 512 g/mol. The van der Waals surface area contributed by atoms with E-state index in [9.17, 15) is 14.7 Å². The molecule has 8 nitrogen and oxygen atoms in total. The molecule has 37 heavy (non-hydrogen) atoms. The van der Waals surface area contributed by atoms with Crippen LogP contribution in [0.25, 0.3) is 11.1 Å². The molecule has 9 heteroatoms. The van der Waals surface area contributed by atoms with Gasteiger partial charge in [-0.1, -0.05) is 36.4 Å². The van der Waals surface area contributed by atoms with Gasteiger partial charge >= 0.3 is 35.3 Å².